The minimum Gasteiger partial charge on any atom is -0.481 e. The van der Waals surface area contributed by atoms with E-state index in [0.717, 1.165) is 19.4 Å². The number of aromatic nitrogens is 1. The monoisotopic (exact) mass is 238 g/mol. The normalized spacial score (nSPS) is 21.6. The van der Waals surface area contributed by atoms with Gasteiger partial charge >= 0.3 is 5.97 Å². The molecule has 1 aromatic heterocycles. The molecule has 5 heteroatoms. The van der Waals surface area contributed by atoms with E-state index in [1.807, 2.05) is 0 Å². The number of carboxylic acid groups (broad SMARTS) is 1. The van der Waals surface area contributed by atoms with Crippen LogP contribution in [0.25, 0.3) is 0 Å². The molecular formula is C12H18N2O3. The summed E-state index contributed by atoms with van der Waals surface area (Å²) in [4.78, 5) is 17.0. The number of hydrogen-bond donors (Lipinski definition) is 1. The highest BCUT2D eigenvalue weighted by molar-refractivity contribution is 5.69. The molecule has 1 fully saturated rings. The maximum absolute atomic E-state index is 10.5. The minimum atomic E-state index is -0.887. The first-order valence-corrected chi connectivity index (χ1v) is 6.01. The minimum absolute atomic E-state index is 0.0898. The van der Waals surface area contributed by atoms with Crippen molar-refractivity contribution in [1.82, 2.24) is 9.88 Å². The number of hydrogen-bond acceptors (Lipinski definition) is 4. The summed E-state index contributed by atoms with van der Waals surface area (Å²) < 4.78 is 5.43. The van der Waals surface area contributed by atoms with Crippen LogP contribution in [0.15, 0.2) is 10.6 Å². The number of carbonyl (C=O) groups is 1. The van der Waals surface area contributed by atoms with Gasteiger partial charge in [0.2, 0.25) is 0 Å². The Labute approximate surface area is 100 Å². The molecule has 1 aliphatic heterocycles. The average molecular weight is 238 g/mol. The van der Waals surface area contributed by atoms with E-state index < -0.39 is 5.97 Å². The first-order chi connectivity index (χ1) is 8.15. The van der Waals surface area contributed by atoms with Crippen LogP contribution in [0, 0.1) is 0 Å². The lowest BCUT2D eigenvalue weighted by atomic mass is 10.0. The Kier molecular flexibility index (Phi) is 3.78. The highest BCUT2D eigenvalue weighted by Gasteiger charge is 2.21. The van der Waals surface area contributed by atoms with Crippen molar-refractivity contribution in [3.05, 3.63) is 17.8 Å². The van der Waals surface area contributed by atoms with E-state index in [4.69, 9.17) is 9.52 Å². The van der Waals surface area contributed by atoms with Crippen LogP contribution in [-0.4, -0.2) is 40.6 Å². The summed E-state index contributed by atoms with van der Waals surface area (Å²) in [7, 11) is 2.12. The predicted octanol–water partition coefficient (Wildman–Crippen LogP) is 1.33. The molecule has 0 saturated carbocycles. The molecular weight excluding hydrogens is 220 g/mol. The van der Waals surface area contributed by atoms with Crippen molar-refractivity contribution < 1.29 is 14.3 Å². The summed E-state index contributed by atoms with van der Waals surface area (Å²) in [5.41, 5.74) is 0. The Balaban J connectivity index is 1.93. The third-order valence-electron chi connectivity index (χ3n) is 3.26. The van der Waals surface area contributed by atoms with Gasteiger partial charge in [0.15, 0.2) is 5.89 Å². The smallest absolute Gasteiger partial charge is 0.311 e. The van der Waals surface area contributed by atoms with Gasteiger partial charge in [0.1, 0.15) is 12.2 Å². The van der Waals surface area contributed by atoms with Crippen LogP contribution < -0.4 is 0 Å². The SMILES string of the molecule is CN1CCCCC1Cc1ncc(CC(=O)O)o1. The van der Waals surface area contributed by atoms with Gasteiger partial charge in [-0.3, -0.25) is 4.79 Å². The van der Waals surface area contributed by atoms with Gasteiger partial charge in [-0.1, -0.05) is 6.42 Å². The molecule has 1 saturated heterocycles. The lowest BCUT2D eigenvalue weighted by Crippen LogP contribution is -2.37. The largest absolute Gasteiger partial charge is 0.481 e. The number of likely N-dealkylation sites (N-methyl/N-ethyl adjacent to an activating group) is 1. The molecule has 1 unspecified atom stereocenters. The predicted molar refractivity (Wildman–Crippen MR) is 61.8 cm³/mol. The molecule has 94 valence electrons. The van der Waals surface area contributed by atoms with Crippen molar-refractivity contribution >= 4 is 5.97 Å². The average Bonchev–Trinajstić information content (AvgIpc) is 2.68. The lowest BCUT2D eigenvalue weighted by molar-refractivity contribution is -0.136. The molecule has 1 N–H and O–H groups in total. The number of nitrogens with zero attached hydrogens (tertiary/aromatic N) is 2. The van der Waals surface area contributed by atoms with Crippen LogP contribution in [0.2, 0.25) is 0 Å². The zero-order chi connectivity index (χ0) is 12.3. The van der Waals surface area contributed by atoms with Crippen molar-refractivity contribution in [2.75, 3.05) is 13.6 Å². The summed E-state index contributed by atoms with van der Waals surface area (Å²) in [6.07, 6.45) is 5.86. The van der Waals surface area contributed by atoms with Crippen molar-refractivity contribution in [3.8, 4) is 0 Å². The Morgan fingerprint density at radius 1 is 1.65 bits per heavy atom. The second kappa shape index (κ2) is 5.31. The number of piperidine rings is 1. The maximum atomic E-state index is 10.5. The molecule has 0 amide bonds. The standard InChI is InChI=1S/C12H18N2O3/c1-14-5-3-2-4-9(14)6-11-13-8-10(17-11)7-12(15)16/h8-9H,2-7H2,1H3,(H,15,16). The molecule has 0 bridgehead atoms. The van der Waals surface area contributed by atoms with E-state index in [0.29, 0.717) is 17.7 Å². The topological polar surface area (TPSA) is 66.6 Å². The molecule has 1 aliphatic rings. The molecule has 17 heavy (non-hydrogen) atoms. The highest BCUT2D eigenvalue weighted by atomic mass is 16.4. The number of carboxylic acids is 1. The van der Waals surface area contributed by atoms with Crippen LogP contribution in [0.3, 0.4) is 0 Å². The molecule has 2 rings (SSSR count). The van der Waals surface area contributed by atoms with Crippen molar-refractivity contribution in [1.29, 1.82) is 0 Å². The third-order valence-corrected chi connectivity index (χ3v) is 3.26. The third kappa shape index (κ3) is 3.30. The van der Waals surface area contributed by atoms with E-state index in [1.54, 1.807) is 0 Å². The van der Waals surface area contributed by atoms with Gasteiger partial charge in [0, 0.05) is 12.5 Å². The molecule has 2 heterocycles. The van der Waals surface area contributed by atoms with Gasteiger partial charge < -0.3 is 14.4 Å². The first kappa shape index (κ1) is 12.1. The van der Waals surface area contributed by atoms with Crippen LogP contribution in [0.4, 0.5) is 0 Å². The van der Waals surface area contributed by atoms with Gasteiger partial charge in [-0.25, -0.2) is 4.98 Å². The summed E-state index contributed by atoms with van der Waals surface area (Å²) in [6, 6.07) is 0.472. The number of oxazole rings is 1. The molecule has 1 atom stereocenters. The van der Waals surface area contributed by atoms with E-state index in [1.165, 1.54) is 19.0 Å². The van der Waals surface area contributed by atoms with Crippen LogP contribution >= 0.6 is 0 Å². The zero-order valence-electron chi connectivity index (χ0n) is 10.1. The quantitative estimate of drug-likeness (QED) is 0.857. The van der Waals surface area contributed by atoms with E-state index in [2.05, 4.69) is 16.9 Å². The molecule has 0 aromatic carbocycles. The van der Waals surface area contributed by atoms with Gasteiger partial charge in [0.05, 0.1) is 6.20 Å². The van der Waals surface area contributed by atoms with Gasteiger partial charge in [-0.2, -0.15) is 0 Å². The fourth-order valence-corrected chi connectivity index (χ4v) is 2.28. The second-order valence-corrected chi connectivity index (χ2v) is 4.63. The van der Waals surface area contributed by atoms with Crippen molar-refractivity contribution in [2.24, 2.45) is 0 Å². The van der Waals surface area contributed by atoms with Crippen molar-refractivity contribution in [2.45, 2.75) is 38.1 Å². The van der Waals surface area contributed by atoms with Crippen LogP contribution in [0.5, 0.6) is 0 Å². The van der Waals surface area contributed by atoms with E-state index >= 15 is 0 Å². The maximum Gasteiger partial charge on any atom is 0.311 e. The molecule has 1 aromatic rings. The van der Waals surface area contributed by atoms with Crippen LogP contribution in [0.1, 0.15) is 30.9 Å². The number of rotatable bonds is 4. The van der Waals surface area contributed by atoms with E-state index in [-0.39, 0.29) is 6.42 Å². The highest BCUT2D eigenvalue weighted by Crippen LogP contribution is 2.19. The van der Waals surface area contributed by atoms with Crippen LogP contribution in [-0.2, 0) is 17.6 Å². The molecule has 5 nitrogen and oxygen atoms in total. The van der Waals surface area contributed by atoms with Gasteiger partial charge in [-0.05, 0) is 26.4 Å². The first-order valence-electron chi connectivity index (χ1n) is 6.01. The Morgan fingerprint density at radius 2 is 2.47 bits per heavy atom. The molecule has 0 spiro atoms. The summed E-state index contributed by atoms with van der Waals surface area (Å²) in [5.74, 6) is 0.202. The summed E-state index contributed by atoms with van der Waals surface area (Å²) in [6.45, 7) is 1.12. The fourth-order valence-electron chi connectivity index (χ4n) is 2.28. The van der Waals surface area contributed by atoms with Crippen molar-refractivity contribution in [3.63, 3.8) is 0 Å². The summed E-state index contributed by atoms with van der Waals surface area (Å²) in [5, 5.41) is 8.64. The number of likely N-dealkylation sites (tertiary alicyclic amines) is 1. The van der Waals surface area contributed by atoms with E-state index in [9.17, 15) is 4.79 Å². The lowest BCUT2D eigenvalue weighted by Gasteiger charge is -2.31. The second-order valence-electron chi connectivity index (χ2n) is 4.63. The number of aliphatic carboxylic acids is 1. The Hall–Kier alpha value is -1.36. The van der Waals surface area contributed by atoms with Gasteiger partial charge in [-0.15, -0.1) is 0 Å². The fraction of sp³-hybridized carbons (Fsp3) is 0.667. The summed E-state index contributed by atoms with van der Waals surface area (Å²) >= 11 is 0. The molecule has 0 radical (unpaired) electrons. The van der Waals surface area contributed by atoms with Gasteiger partial charge in [0.25, 0.3) is 0 Å². The molecule has 0 aliphatic carbocycles. The Morgan fingerprint density at radius 3 is 3.18 bits per heavy atom. The Bertz CT molecular complexity index is 389. The zero-order valence-corrected chi connectivity index (χ0v) is 10.1.